The molecule has 2 aromatic carbocycles. The fraction of sp³-hybridized carbons (Fsp3) is 0.176. The fourth-order valence-corrected chi connectivity index (χ4v) is 3.07. The highest BCUT2D eigenvalue weighted by molar-refractivity contribution is 9.10. The largest absolute Gasteiger partial charge is 0.420 e. The maximum atomic E-state index is 5.73. The minimum atomic E-state index is 0.559. The van der Waals surface area contributed by atoms with Crippen LogP contribution in [-0.2, 0) is 5.75 Å². The maximum absolute atomic E-state index is 5.73. The van der Waals surface area contributed by atoms with Gasteiger partial charge in [-0.2, -0.15) is 0 Å². The number of benzene rings is 2. The Balaban J connectivity index is 1.69. The Morgan fingerprint density at radius 3 is 2.50 bits per heavy atom. The van der Waals surface area contributed by atoms with E-state index in [0.29, 0.717) is 17.5 Å². The molecule has 5 heteroatoms. The van der Waals surface area contributed by atoms with Gasteiger partial charge < -0.3 is 4.42 Å². The van der Waals surface area contributed by atoms with Gasteiger partial charge in [0, 0.05) is 14.9 Å². The van der Waals surface area contributed by atoms with Gasteiger partial charge in [0.15, 0.2) is 0 Å². The van der Waals surface area contributed by atoms with Gasteiger partial charge >= 0.3 is 0 Å². The van der Waals surface area contributed by atoms with Gasteiger partial charge in [0.1, 0.15) is 0 Å². The van der Waals surface area contributed by atoms with Crippen LogP contribution in [0.2, 0.25) is 0 Å². The molecule has 3 aromatic rings. The molecule has 0 bridgehead atoms. The van der Waals surface area contributed by atoms with Crippen LogP contribution in [0.3, 0.4) is 0 Å². The number of hydrogen-bond donors (Lipinski definition) is 0. The molecule has 0 aliphatic heterocycles. The van der Waals surface area contributed by atoms with Crippen molar-refractivity contribution in [2.45, 2.75) is 24.5 Å². The molecule has 1 heterocycles. The van der Waals surface area contributed by atoms with Crippen LogP contribution in [0, 0.1) is 13.8 Å². The molecule has 0 aliphatic carbocycles. The second kappa shape index (κ2) is 6.67. The minimum Gasteiger partial charge on any atom is -0.420 e. The Hall–Kier alpha value is -1.59. The molecule has 0 spiro atoms. The van der Waals surface area contributed by atoms with E-state index in [1.165, 1.54) is 16.0 Å². The lowest BCUT2D eigenvalue weighted by Gasteiger charge is -2.03. The van der Waals surface area contributed by atoms with Crippen molar-refractivity contribution < 1.29 is 4.42 Å². The van der Waals surface area contributed by atoms with Crippen LogP contribution in [0.1, 0.15) is 17.0 Å². The zero-order valence-electron chi connectivity index (χ0n) is 12.3. The summed E-state index contributed by atoms with van der Waals surface area (Å²) in [4.78, 5) is 1.21. The third-order valence-corrected chi connectivity index (χ3v) is 4.91. The van der Waals surface area contributed by atoms with E-state index in [0.717, 1.165) is 10.0 Å². The number of thioether (sulfide) groups is 1. The summed E-state index contributed by atoms with van der Waals surface area (Å²) in [5.41, 5.74) is 3.53. The molecule has 112 valence electrons. The Bertz CT molecular complexity index is 784. The lowest BCUT2D eigenvalue weighted by atomic mass is 10.1. The SMILES string of the molecule is Cc1ccc(SCc2nnc(-c3ccc(Br)cc3)o2)cc1C. The van der Waals surface area contributed by atoms with Gasteiger partial charge in [0.25, 0.3) is 0 Å². The predicted octanol–water partition coefficient (Wildman–Crippen LogP) is 5.41. The molecule has 0 amide bonds. The number of hydrogen-bond acceptors (Lipinski definition) is 4. The molecular weight excluding hydrogens is 360 g/mol. The summed E-state index contributed by atoms with van der Waals surface area (Å²) >= 11 is 5.12. The zero-order chi connectivity index (χ0) is 15.5. The number of halogens is 1. The average molecular weight is 375 g/mol. The summed E-state index contributed by atoms with van der Waals surface area (Å²) in [7, 11) is 0. The van der Waals surface area contributed by atoms with Gasteiger partial charge in [-0.3, -0.25) is 0 Å². The highest BCUT2D eigenvalue weighted by atomic mass is 79.9. The van der Waals surface area contributed by atoms with E-state index in [2.05, 4.69) is 58.2 Å². The van der Waals surface area contributed by atoms with E-state index in [4.69, 9.17) is 4.42 Å². The third kappa shape index (κ3) is 3.59. The molecule has 3 nitrogen and oxygen atoms in total. The van der Waals surface area contributed by atoms with Crippen molar-refractivity contribution in [3.05, 3.63) is 64.0 Å². The van der Waals surface area contributed by atoms with Crippen molar-refractivity contribution in [2.24, 2.45) is 0 Å². The van der Waals surface area contributed by atoms with Crippen LogP contribution in [-0.4, -0.2) is 10.2 Å². The number of nitrogens with zero attached hydrogens (tertiary/aromatic N) is 2. The molecular formula is C17H15BrN2OS. The Morgan fingerprint density at radius 1 is 1.00 bits per heavy atom. The van der Waals surface area contributed by atoms with Gasteiger partial charge in [-0.15, -0.1) is 22.0 Å². The monoisotopic (exact) mass is 374 g/mol. The van der Waals surface area contributed by atoms with Gasteiger partial charge in [-0.1, -0.05) is 22.0 Å². The van der Waals surface area contributed by atoms with E-state index in [1.54, 1.807) is 11.8 Å². The standard InChI is InChI=1S/C17H15BrN2OS/c1-11-3-8-15(9-12(11)2)22-10-16-19-20-17(21-16)13-4-6-14(18)7-5-13/h3-9H,10H2,1-2H3. The van der Waals surface area contributed by atoms with Crippen molar-refractivity contribution in [1.29, 1.82) is 0 Å². The molecule has 0 saturated carbocycles. The summed E-state index contributed by atoms with van der Waals surface area (Å²) < 4.78 is 6.76. The van der Waals surface area contributed by atoms with Crippen molar-refractivity contribution in [3.63, 3.8) is 0 Å². The second-order valence-corrected chi connectivity index (χ2v) is 7.01. The van der Waals surface area contributed by atoms with Crippen LogP contribution < -0.4 is 0 Å². The third-order valence-electron chi connectivity index (χ3n) is 3.40. The molecule has 0 saturated heterocycles. The lowest BCUT2D eigenvalue weighted by molar-refractivity contribution is 0.528. The van der Waals surface area contributed by atoms with Crippen LogP contribution >= 0.6 is 27.7 Å². The fourth-order valence-electron chi connectivity index (χ4n) is 1.97. The number of aryl methyl sites for hydroxylation is 2. The molecule has 3 rings (SSSR count). The summed E-state index contributed by atoms with van der Waals surface area (Å²) in [5.74, 6) is 1.87. The first kappa shape index (κ1) is 15.3. The Morgan fingerprint density at radius 2 is 1.77 bits per heavy atom. The average Bonchev–Trinajstić information content (AvgIpc) is 2.98. The van der Waals surface area contributed by atoms with Crippen LogP contribution in [0.25, 0.3) is 11.5 Å². The van der Waals surface area contributed by atoms with Crippen molar-refractivity contribution in [3.8, 4) is 11.5 Å². The van der Waals surface area contributed by atoms with Gasteiger partial charge in [-0.05, 0) is 61.4 Å². The molecule has 0 atom stereocenters. The van der Waals surface area contributed by atoms with Crippen LogP contribution in [0.5, 0.6) is 0 Å². The second-order valence-electron chi connectivity index (χ2n) is 5.04. The number of rotatable bonds is 4. The quantitative estimate of drug-likeness (QED) is 0.572. The van der Waals surface area contributed by atoms with Gasteiger partial charge in [-0.25, -0.2) is 0 Å². The number of aromatic nitrogens is 2. The van der Waals surface area contributed by atoms with Crippen molar-refractivity contribution in [1.82, 2.24) is 10.2 Å². The maximum Gasteiger partial charge on any atom is 0.247 e. The van der Waals surface area contributed by atoms with Gasteiger partial charge in [0.2, 0.25) is 11.8 Å². The van der Waals surface area contributed by atoms with E-state index >= 15 is 0 Å². The summed E-state index contributed by atoms with van der Waals surface area (Å²) in [5, 5.41) is 8.24. The first-order valence-electron chi connectivity index (χ1n) is 6.90. The Labute approximate surface area is 142 Å². The van der Waals surface area contributed by atoms with E-state index in [1.807, 2.05) is 24.3 Å². The molecule has 0 N–H and O–H groups in total. The van der Waals surface area contributed by atoms with Crippen molar-refractivity contribution in [2.75, 3.05) is 0 Å². The molecule has 0 aliphatic rings. The molecule has 0 fully saturated rings. The molecule has 0 unspecified atom stereocenters. The topological polar surface area (TPSA) is 38.9 Å². The smallest absolute Gasteiger partial charge is 0.247 e. The van der Waals surface area contributed by atoms with Gasteiger partial charge in [0.05, 0.1) is 5.75 Å². The van der Waals surface area contributed by atoms with E-state index in [-0.39, 0.29) is 0 Å². The summed E-state index contributed by atoms with van der Waals surface area (Å²) in [6.45, 7) is 4.24. The predicted molar refractivity (Wildman–Crippen MR) is 92.9 cm³/mol. The summed E-state index contributed by atoms with van der Waals surface area (Å²) in [6.07, 6.45) is 0. The van der Waals surface area contributed by atoms with Crippen LogP contribution in [0.4, 0.5) is 0 Å². The summed E-state index contributed by atoms with van der Waals surface area (Å²) in [6, 6.07) is 14.3. The first-order chi connectivity index (χ1) is 10.6. The minimum absolute atomic E-state index is 0.559. The van der Waals surface area contributed by atoms with Crippen LogP contribution in [0.15, 0.2) is 56.2 Å². The van der Waals surface area contributed by atoms with E-state index < -0.39 is 0 Å². The highest BCUT2D eigenvalue weighted by Crippen LogP contribution is 2.26. The first-order valence-corrected chi connectivity index (χ1v) is 8.68. The van der Waals surface area contributed by atoms with Crippen molar-refractivity contribution >= 4 is 27.7 Å². The molecule has 1 aromatic heterocycles. The normalized spacial score (nSPS) is 10.9. The molecule has 0 radical (unpaired) electrons. The highest BCUT2D eigenvalue weighted by Gasteiger charge is 2.09. The lowest BCUT2D eigenvalue weighted by Crippen LogP contribution is -1.83. The zero-order valence-corrected chi connectivity index (χ0v) is 14.7. The Kier molecular flexibility index (Phi) is 4.64. The van der Waals surface area contributed by atoms with E-state index in [9.17, 15) is 0 Å². The molecule has 22 heavy (non-hydrogen) atoms.